The van der Waals surface area contributed by atoms with E-state index >= 15 is 0 Å². The number of hydrogen-bond acceptors (Lipinski definition) is 18. The number of thiol groups is 1. The van der Waals surface area contributed by atoms with Crippen LogP contribution in [0.5, 0.6) is 5.75 Å². The van der Waals surface area contributed by atoms with Gasteiger partial charge in [0.1, 0.15) is 5.75 Å². The summed E-state index contributed by atoms with van der Waals surface area (Å²) in [5, 5.41) is 8.37. The van der Waals surface area contributed by atoms with Gasteiger partial charge >= 0.3 is 0 Å². The van der Waals surface area contributed by atoms with Crippen molar-refractivity contribution in [2.24, 2.45) is 17.7 Å². The molecule has 1 aromatic rings. The molecule has 0 heterocycles. The average Bonchev–Trinajstić information content (AvgIpc) is 3.14. The van der Waals surface area contributed by atoms with Gasteiger partial charge in [-0.3, -0.25) is 23.8 Å². The van der Waals surface area contributed by atoms with Crippen molar-refractivity contribution < 1.29 is 66.4 Å². The van der Waals surface area contributed by atoms with Crippen molar-refractivity contribution in [1.29, 1.82) is 0 Å². The number of amides is 3. The Morgan fingerprint density at radius 1 is 0.618 bits per heavy atom. The van der Waals surface area contributed by atoms with Crippen LogP contribution in [0.15, 0.2) is 24.3 Å². The smallest absolute Gasteiger partial charge is 0.297 e. The lowest BCUT2D eigenvalue weighted by atomic mass is 10.0. The van der Waals surface area contributed by atoms with Crippen LogP contribution < -0.4 is 38.2 Å². The van der Waals surface area contributed by atoms with Gasteiger partial charge in [0.2, 0.25) is 17.7 Å². The van der Waals surface area contributed by atoms with E-state index in [2.05, 4.69) is 42.7 Å². The van der Waals surface area contributed by atoms with Gasteiger partial charge in [-0.2, -0.15) is 0 Å². The lowest BCUT2D eigenvalue weighted by Crippen LogP contribution is -2.54. The van der Waals surface area contributed by atoms with E-state index in [-0.39, 0.29) is 85.4 Å². The monoisotopic (exact) mass is 829 g/mol. The van der Waals surface area contributed by atoms with Gasteiger partial charge in [-0.25, -0.2) is 17.7 Å². The van der Waals surface area contributed by atoms with Gasteiger partial charge < -0.3 is 63.4 Å². The Morgan fingerprint density at radius 3 is 1.36 bits per heavy atom. The maximum atomic E-state index is 13.8. The SMILES string of the molecule is CP(=O)(S)Oc1ccc(CC(C(=O)NCCOCCOCCON)N(CC(=O)NCCOCCOCCON)CC(=O)NCCOCCOCCON)cc1. The second-order valence-corrected chi connectivity index (χ2v) is 15.4. The minimum absolute atomic E-state index is 0.103. The highest BCUT2D eigenvalue weighted by Gasteiger charge is 2.29. The molecule has 2 unspecified atom stereocenters. The number of carbonyl (C=O) groups excluding carboxylic acids is 3. The molecule has 318 valence electrons. The molecule has 21 nitrogen and oxygen atoms in total. The normalized spacial score (nSPS) is 13.0. The molecule has 0 bridgehead atoms. The minimum atomic E-state index is -3.11. The summed E-state index contributed by atoms with van der Waals surface area (Å²) >= 11 is 3.98. The van der Waals surface area contributed by atoms with Gasteiger partial charge in [-0.15, -0.1) is 0 Å². The Kier molecular flexibility index (Phi) is 30.9. The van der Waals surface area contributed by atoms with Crippen molar-refractivity contribution in [1.82, 2.24) is 20.9 Å². The summed E-state index contributed by atoms with van der Waals surface area (Å²) in [6, 6.07) is 5.62. The summed E-state index contributed by atoms with van der Waals surface area (Å²) < 4.78 is 49.8. The highest BCUT2D eigenvalue weighted by atomic mass is 32.7. The number of nitrogens with zero attached hydrogens (tertiary/aromatic N) is 1. The van der Waals surface area contributed by atoms with Crippen molar-refractivity contribution in [2.75, 3.05) is 138 Å². The van der Waals surface area contributed by atoms with Crippen LogP contribution in [0.1, 0.15) is 5.56 Å². The Hall–Kier alpha value is -2.51. The predicted molar refractivity (Wildman–Crippen MR) is 203 cm³/mol. The second-order valence-electron chi connectivity index (χ2n) is 11.4. The summed E-state index contributed by atoms with van der Waals surface area (Å²) in [7, 11) is 0. The molecule has 0 aromatic heterocycles. The Bertz CT molecular complexity index is 1160. The highest BCUT2D eigenvalue weighted by molar-refractivity contribution is 8.46. The van der Waals surface area contributed by atoms with Crippen LogP contribution >= 0.6 is 18.8 Å². The van der Waals surface area contributed by atoms with Gasteiger partial charge in [0.05, 0.1) is 118 Å². The molecule has 0 aliphatic carbocycles. The molecule has 0 fully saturated rings. The van der Waals surface area contributed by atoms with Crippen LogP contribution in [-0.2, 0) is 68.3 Å². The largest absolute Gasteiger partial charge is 0.436 e. The summed E-state index contributed by atoms with van der Waals surface area (Å²) in [5.41, 5.74) is 0.681. The van der Waals surface area contributed by atoms with Crippen molar-refractivity contribution in [2.45, 2.75) is 12.5 Å². The predicted octanol–water partition coefficient (Wildman–Crippen LogP) is -1.85. The highest BCUT2D eigenvalue weighted by Crippen LogP contribution is 2.47. The fourth-order valence-corrected chi connectivity index (χ4v) is 5.22. The van der Waals surface area contributed by atoms with E-state index < -0.39 is 30.3 Å². The van der Waals surface area contributed by atoms with Crippen LogP contribution in [0.3, 0.4) is 0 Å². The molecule has 0 saturated carbocycles. The molecule has 0 spiro atoms. The molecule has 0 radical (unpaired) electrons. The van der Waals surface area contributed by atoms with Crippen LogP contribution in [0.2, 0.25) is 0 Å². The lowest BCUT2D eigenvalue weighted by molar-refractivity contribution is -0.131. The van der Waals surface area contributed by atoms with E-state index in [9.17, 15) is 18.9 Å². The van der Waals surface area contributed by atoms with Gasteiger partial charge in [0, 0.05) is 26.3 Å². The first-order chi connectivity index (χ1) is 26.6. The molecule has 55 heavy (non-hydrogen) atoms. The van der Waals surface area contributed by atoms with E-state index in [1.165, 1.54) is 11.6 Å². The van der Waals surface area contributed by atoms with Crippen LogP contribution in [0.4, 0.5) is 0 Å². The van der Waals surface area contributed by atoms with Gasteiger partial charge in [0.15, 0.2) is 0 Å². The lowest BCUT2D eigenvalue weighted by Gasteiger charge is -2.30. The quantitative estimate of drug-likeness (QED) is 0.0168. The standard InChI is InChI=1S/C32H60N7O14PS/c1-54(43,55)53-28-4-2-27(3-5-28)24-29(32(42)38-8-11-46-14-17-49-20-23-52-35)39(25-30(40)36-6-9-44-12-15-47-18-21-50-33)26-31(41)37-7-10-45-13-16-48-19-22-51-34/h2-5,29H,6-26,33-35H2,1H3,(H,36,40)(H,37,41)(H,38,42)(H,43,55). The topological polar surface area (TPSA) is 278 Å². The number of rotatable bonds is 37. The first-order valence-electron chi connectivity index (χ1n) is 17.6. The number of nitrogens with one attached hydrogen (secondary N) is 3. The third kappa shape index (κ3) is 29.4. The molecule has 0 saturated heterocycles. The van der Waals surface area contributed by atoms with E-state index in [0.29, 0.717) is 64.2 Å². The summed E-state index contributed by atoms with van der Waals surface area (Å²) in [6.45, 7) is 2.30. The van der Waals surface area contributed by atoms with E-state index in [1.807, 2.05) is 0 Å². The molecule has 2 atom stereocenters. The number of benzene rings is 1. The van der Waals surface area contributed by atoms with Crippen LogP contribution in [-0.4, -0.2) is 167 Å². The Balaban J connectivity index is 2.99. The summed E-state index contributed by atoms with van der Waals surface area (Å²) in [5.74, 6) is 13.9. The molecule has 1 rings (SSSR count). The summed E-state index contributed by atoms with van der Waals surface area (Å²) in [4.78, 5) is 54.9. The zero-order valence-corrected chi connectivity index (χ0v) is 33.3. The van der Waals surface area contributed by atoms with Crippen molar-refractivity contribution >= 4 is 36.5 Å². The van der Waals surface area contributed by atoms with Gasteiger partial charge in [0.25, 0.3) is 6.57 Å². The Morgan fingerprint density at radius 2 is 0.982 bits per heavy atom. The molecule has 0 aliphatic heterocycles. The van der Waals surface area contributed by atoms with E-state index in [4.69, 9.17) is 50.6 Å². The molecule has 23 heteroatoms. The summed E-state index contributed by atoms with van der Waals surface area (Å²) in [6.07, 6.45) is 0.103. The van der Waals surface area contributed by atoms with Crippen molar-refractivity contribution in [3.63, 3.8) is 0 Å². The molecule has 1 aromatic carbocycles. The molecule has 0 aliphatic rings. The zero-order chi connectivity index (χ0) is 40.4. The number of nitrogens with two attached hydrogens (primary N) is 3. The fraction of sp³-hybridized carbons (Fsp3) is 0.719. The van der Waals surface area contributed by atoms with Gasteiger partial charge in [-0.1, -0.05) is 24.4 Å². The maximum absolute atomic E-state index is 13.8. The van der Waals surface area contributed by atoms with Gasteiger partial charge in [-0.05, 0) is 24.1 Å². The van der Waals surface area contributed by atoms with E-state index in [1.54, 1.807) is 24.3 Å². The molecular weight excluding hydrogens is 769 g/mol. The minimum Gasteiger partial charge on any atom is -0.436 e. The number of ether oxygens (including phenoxy) is 6. The molecular formula is C32H60N7O14PS. The zero-order valence-electron chi connectivity index (χ0n) is 31.5. The third-order valence-electron chi connectivity index (χ3n) is 6.90. The second kappa shape index (κ2) is 33.6. The number of carbonyl (C=O) groups is 3. The number of hydrogen-bond donors (Lipinski definition) is 7. The first-order valence-corrected chi connectivity index (χ1v) is 20.9. The molecule has 3 amide bonds. The third-order valence-corrected chi connectivity index (χ3v) is 7.69. The fourth-order valence-electron chi connectivity index (χ4n) is 4.43. The van der Waals surface area contributed by atoms with Crippen molar-refractivity contribution in [3.05, 3.63) is 29.8 Å². The maximum Gasteiger partial charge on any atom is 0.297 e. The molecule has 9 N–H and O–H groups in total. The Labute approximate surface area is 327 Å². The first kappa shape index (κ1) is 50.5. The van der Waals surface area contributed by atoms with E-state index in [0.717, 1.165) is 0 Å². The van der Waals surface area contributed by atoms with Crippen LogP contribution in [0.25, 0.3) is 0 Å². The average molecular weight is 830 g/mol. The van der Waals surface area contributed by atoms with Crippen LogP contribution in [0, 0.1) is 0 Å². The van der Waals surface area contributed by atoms with Crippen molar-refractivity contribution in [3.8, 4) is 5.75 Å².